The van der Waals surface area contributed by atoms with Gasteiger partial charge in [0, 0.05) is 43.5 Å². The van der Waals surface area contributed by atoms with Crippen molar-refractivity contribution in [3.63, 3.8) is 0 Å². The van der Waals surface area contributed by atoms with E-state index in [0.717, 1.165) is 19.2 Å². The van der Waals surface area contributed by atoms with Gasteiger partial charge in [0.1, 0.15) is 0 Å². The monoisotopic (exact) mass is 398 g/mol. The van der Waals surface area contributed by atoms with E-state index in [0.29, 0.717) is 23.7 Å². The lowest BCUT2D eigenvalue weighted by Gasteiger charge is -2.22. The number of nitrogens with zero attached hydrogens (tertiary/aromatic N) is 3. The van der Waals surface area contributed by atoms with Crippen molar-refractivity contribution in [3.05, 3.63) is 48.0 Å². The summed E-state index contributed by atoms with van der Waals surface area (Å²) >= 11 is 5.84. The number of nitrogens with one attached hydrogen (secondary N) is 1. The average molecular weight is 399 g/mol. The molecule has 0 spiro atoms. The maximum absolute atomic E-state index is 12.0. The number of carbonyl (C=O) groups is 1. The third kappa shape index (κ3) is 6.68. The van der Waals surface area contributed by atoms with Crippen molar-refractivity contribution in [3.8, 4) is 0 Å². The molecule has 1 aromatic heterocycles. The van der Waals surface area contributed by atoms with Crippen molar-refractivity contribution in [2.24, 2.45) is 0 Å². The number of aromatic nitrogens is 2. The second-order valence-corrected chi connectivity index (χ2v) is 8.26. The molecule has 7 nitrogen and oxygen atoms in total. The highest BCUT2D eigenvalue weighted by atomic mass is 35.5. The summed E-state index contributed by atoms with van der Waals surface area (Å²) in [5.74, 6) is -0.0832. The van der Waals surface area contributed by atoms with Crippen molar-refractivity contribution in [2.75, 3.05) is 23.7 Å². The zero-order chi connectivity index (χ0) is 19.0. The lowest BCUT2D eigenvalue weighted by Crippen LogP contribution is -2.32. The first-order chi connectivity index (χ1) is 12.4. The van der Waals surface area contributed by atoms with Gasteiger partial charge in [0.15, 0.2) is 0 Å². The van der Waals surface area contributed by atoms with Crippen LogP contribution in [0.15, 0.2) is 43.0 Å². The first-order valence-corrected chi connectivity index (χ1v) is 10.5. The van der Waals surface area contributed by atoms with Gasteiger partial charge in [-0.15, -0.1) is 0 Å². The van der Waals surface area contributed by atoms with Crippen molar-refractivity contribution in [1.82, 2.24) is 14.9 Å². The first kappa shape index (κ1) is 20.3. The van der Waals surface area contributed by atoms with E-state index in [1.807, 2.05) is 10.8 Å². The fraction of sp³-hybridized carbons (Fsp3) is 0.412. The summed E-state index contributed by atoms with van der Waals surface area (Å²) in [7, 11) is -3.42. The van der Waals surface area contributed by atoms with Crippen LogP contribution < -0.4 is 9.62 Å². The molecule has 0 bridgehead atoms. The lowest BCUT2D eigenvalue weighted by atomic mass is 10.2. The number of hydrogen-bond donors (Lipinski definition) is 1. The number of amides is 1. The molecule has 2 aromatic rings. The smallest absolute Gasteiger partial charge is 0.232 e. The average Bonchev–Trinajstić information content (AvgIpc) is 3.09. The van der Waals surface area contributed by atoms with Crippen molar-refractivity contribution >= 4 is 33.2 Å². The summed E-state index contributed by atoms with van der Waals surface area (Å²) < 4.78 is 27.2. The number of aryl methyl sites for hydroxylation is 1. The molecule has 1 heterocycles. The summed E-state index contributed by atoms with van der Waals surface area (Å²) in [4.78, 5) is 15.9. The van der Waals surface area contributed by atoms with Crippen LogP contribution in [0.3, 0.4) is 0 Å². The van der Waals surface area contributed by atoms with Crippen LogP contribution in [-0.4, -0.2) is 43.2 Å². The van der Waals surface area contributed by atoms with Gasteiger partial charge in [-0.2, -0.15) is 0 Å². The molecule has 0 radical (unpaired) electrons. The molecule has 0 aliphatic heterocycles. The fourth-order valence-corrected chi connectivity index (χ4v) is 3.57. The number of carbonyl (C=O) groups excluding carboxylic acids is 1. The molecular weight excluding hydrogens is 376 g/mol. The van der Waals surface area contributed by atoms with Gasteiger partial charge in [0.05, 0.1) is 18.3 Å². The lowest BCUT2D eigenvalue weighted by molar-refractivity contribution is -0.121. The molecular formula is C17H23ClN4O3S. The molecule has 0 aliphatic rings. The van der Waals surface area contributed by atoms with E-state index in [4.69, 9.17) is 11.6 Å². The van der Waals surface area contributed by atoms with Gasteiger partial charge < -0.3 is 9.88 Å². The van der Waals surface area contributed by atoms with Gasteiger partial charge in [-0.25, -0.2) is 13.4 Å². The van der Waals surface area contributed by atoms with Crippen LogP contribution in [0.1, 0.15) is 19.3 Å². The van der Waals surface area contributed by atoms with E-state index in [1.54, 1.807) is 36.8 Å². The SMILES string of the molecule is CS(=O)(=O)N(CCCC(=O)NCCCn1ccnc1)c1ccc(Cl)cc1. The largest absolute Gasteiger partial charge is 0.356 e. The Labute approximate surface area is 159 Å². The maximum atomic E-state index is 12.0. The highest BCUT2D eigenvalue weighted by Crippen LogP contribution is 2.20. The van der Waals surface area contributed by atoms with E-state index in [1.165, 1.54) is 4.31 Å². The Kier molecular flexibility index (Phi) is 7.47. The molecule has 1 amide bonds. The number of sulfonamides is 1. The highest BCUT2D eigenvalue weighted by Gasteiger charge is 2.17. The van der Waals surface area contributed by atoms with Gasteiger partial charge >= 0.3 is 0 Å². The number of imidazole rings is 1. The Bertz CT molecular complexity index is 792. The minimum absolute atomic E-state index is 0.0832. The molecule has 0 saturated heterocycles. The zero-order valence-electron chi connectivity index (χ0n) is 14.6. The molecule has 2 rings (SSSR count). The molecule has 142 valence electrons. The Balaban J connectivity index is 1.74. The Morgan fingerprint density at radius 1 is 1.27 bits per heavy atom. The highest BCUT2D eigenvalue weighted by molar-refractivity contribution is 7.92. The second-order valence-electron chi connectivity index (χ2n) is 5.92. The van der Waals surface area contributed by atoms with Crippen LogP contribution in [-0.2, 0) is 21.4 Å². The van der Waals surface area contributed by atoms with Crippen molar-refractivity contribution < 1.29 is 13.2 Å². The molecule has 26 heavy (non-hydrogen) atoms. The Morgan fingerprint density at radius 3 is 2.62 bits per heavy atom. The number of anilines is 1. The molecule has 1 aromatic carbocycles. The van der Waals surface area contributed by atoms with E-state index >= 15 is 0 Å². The minimum Gasteiger partial charge on any atom is -0.356 e. The summed E-state index contributed by atoms with van der Waals surface area (Å²) in [6, 6.07) is 6.59. The van der Waals surface area contributed by atoms with E-state index in [2.05, 4.69) is 10.3 Å². The van der Waals surface area contributed by atoms with Gasteiger partial charge in [-0.05, 0) is 37.1 Å². The normalized spacial score (nSPS) is 11.3. The van der Waals surface area contributed by atoms with Crippen LogP contribution in [0, 0.1) is 0 Å². The van der Waals surface area contributed by atoms with Gasteiger partial charge in [0.2, 0.25) is 15.9 Å². The molecule has 0 fully saturated rings. The number of rotatable bonds is 10. The fourth-order valence-electron chi connectivity index (χ4n) is 2.47. The van der Waals surface area contributed by atoms with Gasteiger partial charge in [-0.1, -0.05) is 11.6 Å². The molecule has 0 saturated carbocycles. The van der Waals surface area contributed by atoms with Gasteiger partial charge in [0.25, 0.3) is 0 Å². The predicted molar refractivity (Wildman–Crippen MR) is 103 cm³/mol. The third-order valence-electron chi connectivity index (χ3n) is 3.75. The van der Waals surface area contributed by atoms with E-state index in [-0.39, 0.29) is 18.9 Å². The van der Waals surface area contributed by atoms with Crippen LogP contribution in [0.25, 0.3) is 0 Å². The molecule has 1 N–H and O–H groups in total. The minimum atomic E-state index is -3.42. The van der Waals surface area contributed by atoms with Crippen molar-refractivity contribution in [2.45, 2.75) is 25.8 Å². The van der Waals surface area contributed by atoms with E-state index in [9.17, 15) is 13.2 Å². The predicted octanol–water partition coefficient (Wildman–Crippen LogP) is 2.29. The number of hydrogen-bond acceptors (Lipinski definition) is 4. The van der Waals surface area contributed by atoms with Crippen LogP contribution in [0.5, 0.6) is 0 Å². The standard InChI is InChI=1S/C17H23ClN4O3S/c1-26(24,25)22(16-7-5-15(18)6-8-16)12-2-4-17(23)20-9-3-11-21-13-10-19-14-21/h5-8,10,13-14H,2-4,9,11-12H2,1H3,(H,20,23). The van der Waals surface area contributed by atoms with E-state index < -0.39 is 10.0 Å². The summed E-state index contributed by atoms with van der Waals surface area (Å²) in [6.45, 7) is 1.60. The molecule has 0 aliphatic carbocycles. The Morgan fingerprint density at radius 2 is 2.00 bits per heavy atom. The van der Waals surface area contributed by atoms with Crippen LogP contribution >= 0.6 is 11.6 Å². The van der Waals surface area contributed by atoms with Gasteiger partial charge in [-0.3, -0.25) is 9.10 Å². The summed E-state index contributed by atoms with van der Waals surface area (Å²) in [5.41, 5.74) is 0.539. The Hall–Kier alpha value is -2.06. The van der Waals surface area contributed by atoms with Crippen LogP contribution in [0.4, 0.5) is 5.69 Å². The third-order valence-corrected chi connectivity index (χ3v) is 5.20. The van der Waals surface area contributed by atoms with Crippen LogP contribution in [0.2, 0.25) is 5.02 Å². The molecule has 0 atom stereocenters. The zero-order valence-corrected chi connectivity index (χ0v) is 16.2. The number of halogens is 1. The molecule has 9 heteroatoms. The summed E-state index contributed by atoms with van der Waals surface area (Å²) in [6.07, 6.45) is 7.98. The second kappa shape index (κ2) is 9.59. The van der Waals surface area contributed by atoms with Crippen molar-refractivity contribution in [1.29, 1.82) is 0 Å². The first-order valence-electron chi connectivity index (χ1n) is 8.32. The molecule has 0 unspecified atom stereocenters. The maximum Gasteiger partial charge on any atom is 0.232 e. The summed E-state index contributed by atoms with van der Waals surface area (Å²) in [5, 5.41) is 3.39. The number of benzene rings is 1. The topological polar surface area (TPSA) is 84.3 Å². The quantitative estimate of drug-likeness (QED) is 0.622.